The Labute approximate surface area is 210 Å². The van der Waals surface area contributed by atoms with E-state index < -0.39 is 35.1 Å². The molecule has 0 bridgehead atoms. The van der Waals surface area contributed by atoms with Crippen LogP contribution in [0.5, 0.6) is 0 Å². The van der Waals surface area contributed by atoms with Gasteiger partial charge in [0.1, 0.15) is 5.69 Å². The highest BCUT2D eigenvalue weighted by Gasteiger charge is 2.37. The van der Waals surface area contributed by atoms with Crippen LogP contribution >= 0.6 is 11.8 Å². The molecule has 0 aliphatic heterocycles. The lowest BCUT2D eigenvalue weighted by molar-refractivity contribution is -0.143. The van der Waals surface area contributed by atoms with E-state index in [1.807, 2.05) is 19.1 Å². The molecule has 4 aromatic rings. The number of halogens is 6. The Morgan fingerprint density at radius 1 is 0.946 bits per heavy atom. The minimum Gasteiger partial charge on any atom is -0.325 e. The Kier molecular flexibility index (Phi) is 7.21. The predicted octanol–water partition coefficient (Wildman–Crippen LogP) is 5.80. The second kappa shape index (κ2) is 10.2. The summed E-state index contributed by atoms with van der Waals surface area (Å²) in [5.74, 6) is -0.883. The van der Waals surface area contributed by atoms with Crippen molar-refractivity contribution in [2.45, 2.75) is 24.4 Å². The van der Waals surface area contributed by atoms with Crippen molar-refractivity contribution in [2.75, 3.05) is 11.1 Å². The van der Waals surface area contributed by atoms with E-state index in [4.69, 9.17) is 0 Å². The molecule has 0 radical (unpaired) electrons. The van der Waals surface area contributed by atoms with E-state index in [1.165, 1.54) is 18.6 Å². The summed E-state index contributed by atoms with van der Waals surface area (Å²) < 4.78 is 80.2. The van der Waals surface area contributed by atoms with Gasteiger partial charge in [-0.25, -0.2) is 4.98 Å². The predicted molar refractivity (Wildman–Crippen MR) is 123 cm³/mol. The molecule has 14 heteroatoms. The van der Waals surface area contributed by atoms with Gasteiger partial charge in [-0.3, -0.25) is 14.3 Å². The van der Waals surface area contributed by atoms with E-state index in [0.717, 1.165) is 17.3 Å². The quantitative estimate of drug-likeness (QED) is 0.247. The Morgan fingerprint density at radius 2 is 1.59 bits per heavy atom. The fourth-order valence-corrected chi connectivity index (χ4v) is 3.98. The van der Waals surface area contributed by atoms with Gasteiger partial charge in [0.25, 0.3) is 0 Å². The summed E-state index contributed by atoms with van der Waals surface area (Å²) in [5.41, 5.74) is -1.66. The van der Waals surface area contributed by atoms with Gasteiger partial charge in [0.2, 0.25) is 5.91 Å². The number of anilines is 1. The summed E-state index contributed by atoms with van der Waals surface area (Å²) in [7, 11) is 0. The molecule has 0 spiro atoms. The topological polar surface area (TPSA) is 85.6 Å². The number of carbonyl (C=O) groups is 1. The molecule has 192 valence electrons. The molecule has 37 heavy (non-hydrogen) atoms. The van der Waals surface area contributed by atoms with Crippen molar-refractivity contribution in [3.63, 3.8) is 0 Å². The van der Waals surface area contributed by atoms with E-state index in [-0.39, 0.29) is 17.0 Å². The van der Waals surface area contributed by atoms with Crippen LogP contribution in [0.2, 0.25) is 0 Å². The number of aromatic nitrogens is 5. The molecule has 0 saturated heterocycles. The number of thioether (sulfide) groups is 1. The zero-order chi connectivity index (χ0) is 26.8. The molecule has 0 aliphatic carbocycles. The maximum Gasteiger partial charge on any atom is 0.416 e. The summed E-state index contributed by atoms with van der Waals surface area (Å²) in [6.07, 6.45) is -5.64. The lowest BCUT2D eigenvalue weighted by Crippen LogP contribution is -2.17. The molecule has 1 N–H and O–H groups in total. The number of nitrogens with one attached hydrogen (secondary N) is 1. The molecule has 0 fully saturated rings. The standard InChI is InChI=1S/C23H16F6N6OS/c1-13-2-4-17(5-3-13)35-20(18-11-30-6-7-31-18)33-34-21(35)37-12-19(36)32-16-9-14(22(24,25)26)8-15(10-16)23(27,28)29/h2-11H,12H2,1H3,(H,32,36). The second-order valence-corrected chi connectivity index (χ2v) is 8.64. The van der Waals surface area contributed by atoms with Gasteiger partial charge < -0.3 is 5.32 Å². The van der Waals surface area contributed by atoms with Crippen LogP contribution in [0.4, 0.5) is 32.0 Å². The molecule has 4 rings (SSSR count). The third-order valence-electron chi connectivity index (χ3n) is 4.92. The largest absolute Gasteiger partial charge is 0.416 e. The lowest BCUT2D eigenvalue weighted by Gasteiger charge is -2.15. The summed E-state index contributed by atoms with van der Waals surface area (Å²) >= 11 is 0.893. The summed E-state index contributed by atoms with van der Waals surface area (Å²) in [4.78, 5) is 20.7. The van der Waals surface area contributed by atoms with Crippen LogP contribution < -0.4 is 5.32 Å². The summed E-state index contributed by atoms with van der Waals surface area (Å²) in [6.45, 7) is 1.90. The van der Waals surface area contributed by atoms with E-state index >= 15 is 0 Å². The third-order valence-corrected chi connectivity index (χ3v) is 5.85. The molecule has 2 heterocycles. The molecule has 0 aliphatic rings. The first-order valence-electron chi connectivity index (χ1n) is 10.4. The SMILES string of the molecule is Cc1ccc(-n2c(SCC(=O)Nc3cc(C(F)(F)F)cc(C(F)(F)F)c3)nnc2-c2cnccn2)cc1. The van der Waals surface area contributed by atoms with Crippen molar-refractivity contribution < 1.29 is 31.1 Å². The first-order valence-corrected chi connectivity index (χ1v) is 11.4. The Bertz CT molecular complexity index is 1370. The van der Waals surface area contributed by atoms with E-state index in [0.29, 0.717) is 29.3 Å². The number of amides is 1. The monoisotopic (exact) mass is 538 g/mol. The number of hydrogen-bond donors (Lipinski definition) is 1. The van der Waals surface area contributed by atoms with Crippen LogP contribution in [0.25, 0.3) is 17.2 Å². The number of aryl methyl sites for hydroxylation is 1. The molecule has 0 saturated carbocycles. The van der Waals surface area contributed by atoms with Crippen molar-refractivity contribution in [1.29, 1.82) is 0 Å². The van der Waals surface area contributed by atoms with Crippen molar-refractivity contribution in [3.05, 3.63) is 77.7 Å². The van der Waals surface area contributed by atoms with Crippen molar-refractivity contribution in [1.82, 2.24) is 24.7 Å². The number of hydrogen-bond acceptors (Lipinski definition) is 6. The fraction of sp³-hybridized carbons (Fsp3) is 0.174. The van der Waals surface area contributed by atoms with Crippen molar-refractivity contribution >= 4 is 23.4 Å². The zero-order valence-electron chi connectivity index (χ0n) is 18.8. The number of nitrogens with zero attached hydrogens (tertiary/aromatic N) is 5. The van der Waals surface area contributed by atoms with Gasteiger partial charge in [0, 0.05) is 23.8 Å². The molecule has 0 unspecified atom stereocenters. The Hall–Kier alpha value is -3.94. The summed E-state index contributed by atoms with van der Waals surface area (Å²) in [6, 6.07) is 8.17. The number of benzene rings is 2. The minimum absolute atomic E-state index is 0.0114. The zero-order valence-corrected chi connectivity index (χ0v) is 19.6. The molecular formula is C23H16F6N6OS. The third kappa shape index (κ3) is 6.25. The molecule has 7 nitrogen and oxygen atoms in total. The van der Waals surface area contributed by atoms with Gasteiger partial charge in [-0.1, -0.05) is 29.5 Å². The number of rotatable bonds is 6. The lowest BCUT2D eigenvalue weighted by atomic mass is 10.1. The Balaban J connectivity index is 1.59. The number of alkyl halides is 6. The highest BCUT2D eigenvalue weighted by Crippen LogP contribution is 2.37. The second-order valence-electron chi connectivity index (χ2n) is 7.70. The van der Waals surface area contributed by atoms with Crippen LogP contribution in [0.3, 0.4) is 0 Å². The number of carbonyl (C=O) groups excluding carboxylic acids is 1. The van der Waals surface area contributed by atoms with Gasteiger partial charge in [-0.05, 0) is 37.3 Å². The van der Waals surface area contributed by atoms with Gasteiger partial charge in [0.15, 0.2) is 11.0 Å². The van der Waals surface area contributed by atoms with Crippen LogP contribution in [-0.2, 0) is 17.1 Å². The van der Waals surface area contributed by atoms with E-state index in [9.17, 15) is 31.1 Å². The van der Waals surface area contributed by atoms with Gasteiger partial charge in [-0.2, -0.15) is 26.3 Å². The highest BCUT2D eigenvalue weighted by molar-refractivity contribution is 7.99. The maximum atomic E-state index is 13.1. The molecule has 2 aromatic heterocycles. The smallest absolute Gasteiger partial charge is 0.325 e. The highest BCUT2D eigenvalue weighted by atomic mass is 32.2. The minimum atomic E-state index is -5.03. The molecular weight excluding hydrogens is 522 g/mol. The van der Waals surface area contributed by atoms with Gasteiger partial charge >= 0.3 is 12.4 Å². The van der Waals surface area contributed by atoms with Crippen LogP contribution in [0.1, 0.15) is 16.7 Å². The molecule has 0 atom stereocenters. The maximum absolute atomic E-state index is 13.1. The first-order chi connectivity index (χ1) is 17.4. The van der Waals surface area contributed by atoms with Gasteiger partial charge in [0.05, 0.1) is 23.1 Å². The fourth-order valence-electron chi connectivity index (χ4n) is 3.22. The van der Waals surface area contributed by atoms with Crippen molar-refractivity contribution in [2.24, 2.45) is 0 Å². The average molecular weight is 538 g/mol. The van der Waals surface area contributed by atoms with Crippen LogP contribution in [-0.4, -0.2) is 36.4 Å². The van der Waals surface area contributed by atoms with E-state index in [2.05, 4.69) is 25.5 Å². The average Bonchev–Trinajstić information content (AvgIpc) is 3.26. The van der Waals surface area contributed by atoms with E-state index in [1.54, 1.807) is 16.7 Å². The van der Waals surface area contributed by atoms with Gasteiger partial charge in [-0.15, -0.1) is 10.2 Å². The van der Waals surface area contributed by atoms with Crippen LogP contribution in [0.15, 0.2) is 66.2 Å². The van der Waals surface area contributed by atoms with Crippen molar-refractivity contribution in [3.8, 4) is 17.2 Å². The Morgan fingerprint density at radius 3 is 2.16 bits per heavy atom. The molecule has 1 amide bonds. The summed E-state index contributed by atoms with van der Waals surface area (Å²) in [5, 5.41) is 10.6. The molecule has 2 aromatic carbocycles. The first kappa shape index (κ1) is 26.1. The van der Waals surface area contributed by atoms with Crippen LogP contribution in [0, 0.1) is 6.92 Å². The normalized spacial score (nSPS) is 12.0.